The smallest absolute Gasteiger partial charge is 0.309 e. The molecule has 0 radical (unpaired) electrons. The van der Waals surface area contributed by atoms with Crippen molar-refractivity contribution >= 4 is 17.7 Å². The van der Waals surface area contributed by atoms with Crippen LogP contribution in [0.15, 0.2) is 48.7 Å². The Bertz CT molecular complexity index is 877. The van der Waals surface area contributed by atoms with E-state index >= 15 is 0 Å². The van der Waals surface area contributed by atoms with E-state index in [2.05, 4.69) is 28.3 Å². The number of anilines is 1. The highest BCUT2D eigenvalue weighted by atomic mass is 16.5. The van der Waals surface area contributed by atoms with Gasteiger partial charge in [0.2, 0.25) is 5.91 Å². The Morgan fingerprint density at radius 2 is 1.77 bits per heavy atom. The van der Waals surface area contributed by atoms with Crippen molar-refractivity contribution in [2.45, 2.75) is 51.2 Å². The molecule has 4 rings (SSSR count). The van der Waals surface area contributed by atoms with Gasteiger partial charge in [-0.05, 0) is 69.3 Å². The van der Waals surface area contributed by atoms with Crippen LogP contribution in [0.1, 0.15) is 55.7 Å². The van der Waals surface area contributed by atoms with Crippen LogP contribution in [-0.2, 0) is 20.9 Å². The van der Waals surface area contributed by atoms with Gasteiger partial charge in [-0.1, -0.05) is 36.4 Å². The molecule has 1 atom stereocenters. The minimum Gasteiger partial charge on any atom is -0.461 e. The Balaban J connectivity index is 1.22. The number of nitrogens with one attached hydrogen (secondary N) is 1. The number of amides is 1. The number of nitrogens with zero attached hydrogens (tertiary/aromatic N) is 2. The number of rotatable bonds is 6. The number of hydrogen-bond donors (Lipinski definition) is 1. The number of hydrogen-bond acceptors (Lipinski definition) is 5. The van der Waals surface area contributed by atoms with Gasteiger partial charge in [-0.3, -0.25) is 14.5 Å². The lowest BCUT2D eigenvalue weighted by atomic mass is 9.81. The van der Waals surface area contributed by atoms with E-state index in [4.69, 9.17) is 4.74 Å². The third-order valence-electron chi connectivity index (χ3n) is 6.60. The maximum absolute atomic E-state index is 12.7. The van der Waals surface area contributed by atoms with Crippen molar-refractivity contribution in [1.29, 1.82) is 0 Å². The third kappa shape index (κ3) is 5.50. The molecule has 2 aromatic rings. The SMILES string of the molecule is CN1CCCC1c1ccc(NC(=O)C2CCC(C(=O)OCc3ccccc3)CC2)nc1. The number of esters is 1. The van der Waals surface area contributed by atoms with E-state index in [1.54, 1.807) is 0 Å². The molecule has 1 N–H and O–H groups in total. The molecule has 1 amide bonds. The fraction of sp³-hybridized carbons (Fsp3) is 0.480. The van der Waals surface area contributed by atoms with Crippen LogP contribution in [-0.4, -0.2) is 35.4 Å². The van der Waals surface area contributed by atoms with Crippen molar-refractivity contribution < 1.29 is 14.3 Å². The van der Waals surface area contributed by atoms with E-state index in [9.17, 15) is 9.59 Å². The molecule has 1 aliphatic carbocycles. The zero-order chi connectivity index (χ0) is 21.6. The molecule has 2 fully saturated rings. The molecule has 0 bridgehead atoms. The number of benzene rings is 1. The highest BCUT2D eigenvalue weighted by molar-refractivity contribution is 5.91. The molecule has 2 aliphatic rings. The molecule has 2 heterocycles. The third-order valence-corrected chi connectivity index (χ3v) is 6.60. The van der Waals surface area contributed by atoms with Crippen LogP contribution >= 0.6 is 0 Å². The van der Waals surface area contributed by atoms with Gasteiger partial charge in [0.25, 0.3) is 0 Å². The highest BCUT2D eigenvalue weighted by Gasteiger charge is 2.31. The van der Waals surface area contributed by atoms with Crippen molar-refractivity contribution in [3.63, 3.8) is 0 Å². The zero-order valence-electron chi connectivity index (χ0n) is 18.1. The summed E-state index contributed by atoms with van der Waals surface area (Å²) in [6, 6.07) is 14.1. The van der Waals surface area contributed by atoms with Crippen LogP contribution in [0.5, 0.6) is 0 Å². The summed E-state index contributed by atoms with van der Waals surface area (Å²) >= 11 is 0. The summed E-state index contributed by atoms with van der Waals surface area (Å²) in [5.41, 5.74) is 2.19. The van der Waals surface area contributed by atoms with Gasteiger partial charge in [0.05, 0.1) is 5.92 Å². The average molecular weight is 422 g/mol. The molecule has 1 aromatic heterocycles. The minimum atomic E-state index is -0.156. The van der Waals surface area contributed by atoms with Crippen LogP contribution in [0.2, 0.25) is 0 Å². The van der Waals surface area contributed by atoms with Gasteiger partial charge in [-0.15, -0.1) is 0 Å². The Morgan fingerprint density at radius 1 is 1.03 bits per heavy atom. The maximum atomic E-state index is 12.7. The van der Waals surface area contributed by atoms with Crippen LogP contribution in [0.25, 0.3) is 0 Å². The Kier molecular flexibility index (Phi) is 6.97. The monoisotopic (exact) mass is 421 g/mol. The fourth-order valence-electron chi connectivity index (χ4n) is 4.67. The topological polar surface area (TPSA) is 71.5 Å². The van der Waals surface area contributed by atoms with Crippen LogP contribution in [0, 0.1) is 11.8 Å². The molecule has 1 saturated carbocycles. The molecule has 1 unspecified atom stereocenters. The highest BCUT2D eigenvalue weighted by Crippen LogP contribution is 2.32. The lowest BCUT2D eigenvalue weighted by Gasteiger charge is -2.26. The first-order valence-electron chi connectivity index (χ1n) is 11.3. The van der Waals surface area contributed by atoms with Crippen LogP contribution in [0.3, 0.4) is 0 Å². The number of carbonyl (C=O) groups is 2. The second-order valence-corrected chi connectivity index (χ2v) is 8.75. The summed E-state index contributed by atoms with van der Waals surface area (Å²) in [6.07, 6.45) is 7.01. The largest absolute Gasteiger partial charge is 0.461 e. The van der Waals surface area contributed by atoms with Crippen molar-refractivity contribution in [2.24, 2.45) is 11.8 Å². The molecular formula is C25H31N3O3. The predicted octanol–water partition coefficient (Wildman–Crippen LogP) is 4.34. The molecule has 1 aliphatic heterocycles. The maximum Gasteiger partial charge on any atom is 0.309 e. The van der Waals surface area contributed by atoms with Gasteiger partial charge in [0.1, 0.15) is 12.4 Å². The molecule has 1 aromatic carbocycles. The molecule has 1 saturated heterocycles. The summed E-state index contributed by atoms with van der Waals surface area (Å²) in [7, 11) is 2.14. The molecule has 6 heteroatoms. The lowest BCUT2D eigenvalue weighted by molar-refractivity contribution is -0.151. The van der Waals surface area contributed by atoms with Gasteiger partial charge >= 0.3 is 5.97 Å². The van der Waals surface area contributed by atoms with E-state index in [-0.39, 0.29) is 23.7 Å². The predicted molar refractivity (Wildman–Crippen MR) is 119 cm³/mol. The Hall–Kier alpha value is -2.73. The van der Waals surface area contributed by atoms with Crippen molar-refractivity contribution in [3.8, 4) is 0 Å². The summed E-state index contributed by atoms with van der Waals surface area (Å²) in [5.74, 6) is 0.235. The van der Waals surface area contributed by atoms with Gasteiger partial charge in [-0.25, -0.2) is 4.98 Å². The Morgan fingerprint density at radius 3 is 2.42 bits per heavy atom. The summed E-state index contributed by atoms with van der Waals surface area (Å²) in [4.78, 5) is 31.8. The number of ether oxygens (including phenoxy) is 1. The van der Waals surface area contributed by atoms with Crippen molar-refractivity contribution in [3.05, 3.63) is 59.8 Å². The average Bonchev–Trinajstić information content (AvgIpc) is 3.24. The zero-order valence-corrected chi connectivity index (χ0v) is 18.1. The summed E-state index contributed by atoms with van der Waals surface area (Å²) < 4.78 is 5.47. The van der Waals surface area contributed by atoms with Crippen LogP contribution < -0.4 is 5.32 Å². The first-order chi connectivity index (χ1) is 15.1. The van der Waals surface area contributed by atoms with E-state index in [0.717, 1.165) is 18.5 Å². The molecule has 164 valence electrons. The quantitative estimate of drug-likeness (QED) is 0.703. The lowest BCUT2D eigenvalue weighted by Crippen LogP contribution is -2.30. The molecule has 31 heavy (non-hydrogen) atoms. The first kappa shape index (κ1) is 21.5. The van der Waals surface area contributed by atoms with Gasteiger partial charge in [-0.2, -0.15) is 0 Å². The number of pyridine rings is 1. The number of likely N-dealkylation sites (tertiary alicyclic amines) is 1. The number of aromatic nitrogens is 1. The first-order valence-corrected chi connectivity index (χ1v) is 11.3. The van der Waals surface area contributed by atoms with E-state index in [1.165, 1.54) is 12.0 Å². The molecule has 6 nitrogen and oxygen atoms in total. The van der Waals surface area contributed by atoms with Gasteiger partial charge < -0.3 is 10.1 Å². The standard InChI is InChI=1S/C25H31N3O3/c1-28-15-5-8-22(28)21-13-14-23(26-16-21)27-24(29)19-9-11-20(12-10-19)25(30)31-17-18-6-3-2-4-7-18/h2-4,6-7,13-14,16,19-20,22H,5,8-12,15,17H2,1H3,(H,26,27,29). The van der Waals surface area contributed by atoms with E-state index < -0.39 is 0 Å². The molecule has 0 spiro atoms. The molecular weight excluding hydrogens is 390 g/mol. The van der Waals surface area contributed by atoms with Gasteiger partial charge in [0, 0.05) is 18.2 Å². The van der Waals surface area contributed by atoms with Gasteiger partial charge in [0.15, 0.2) is 0 Å². The normalized spacial score (nSPS) is 24.0. The summed E-state index contributed by atoms with van der Waals surface area (Å²) in [5, 5.41) is 2.95. The Labute approximate surface area is 184 Å². The van der Waals surface area contributed by atoms with Crippen molar-refractivity contribution in [2.75, 3.05) is 18.9 Å². The van der Waals surface area contributed by atoms with E-state index in [1.807, 2.05) is 42.6 Å². The second-order valence-electron chi connectivity index (χ2n) is 8.75. The van der Waals surface area contributed by atoms with E-state index in [0.29, 0.717) is 44.1 Å². The minimum absolute atomic E-state index is 0.00524. The number of carbonyl (C=O) groups excluding carboxylic acids is 2. The second kappa shape index (κ2) is 10.1. The van der Waals surface area contributed by atoms with Crippen LogP contribution in [0.4, 0.5) is 5.82 Å². The summed E-state index contributed by atoms with van der Waals surface area (Å²) in [6.45, 7) is 1.42. The van der Waals surface area contributed by atoms with Crippen molar-refractivity contribution in [1.82, 2.24) is 9.88 Å². The fourth-order valence-corrected chi connectivity index (χ4v) is 4.67.